The highest BCUT2D eigenvalue weighted by Gasteiger charge is 2.48. The van der Waals surface area contributed by atoms with E-state index in [1.54, 1.807) is 93.1 Å². The summed E-state index contributed by atoms with van der Waals surface area (Å²) < 4.78 is 23.4. The van der Waals surface area contributed by atoms with Gasteiger partial charge in [0.25, 0.3) is 0 Å². The number of carbonyl (C=O) groups is 12. The van der Waals surface area contributed by atoms with Crippen molar-refractivity contribution >= 4 is 88.7 Å². The van der Waals surface area contributed by atoms with Gasteiger partial charge in [0.15, 0.2) is 0 Å². The van der Waals surface area contributed by atoms with Gasteiger partial charge in [-0.15, -0.1) is 11.8 Å². The maximum atomic E-state index is 14.7. The molecule has 2 aliphatic heterocycles. The third-order valence-electron chi connectivity index (χ3n) is 20.6. The van der Waals surface area contributed by atoms with Gasteiger partial charge in [0.1, 0.15) is 30.5 Å². The van der Waals surface area contributed by atoms with Crippen LogP contribution in [0.3, 0.4) is 0 Å². The number of methoxy groups -OCH3 is 3. The molecular formula is C76H120N12O17S. The Labute approximate surface area is 629 Å². The molecule has 0 radical (unpaired) electrons. The molecule has 0 spiro atoms. The zero-order valence-electron chi connectivity index (χ0n) is 65.0. The molecule has 30 heteroatoms. The summed E-state index contributed by atoms with van der Waals surface area (Å²) in [5.74, 6) is -4.71. The number of amides is 12. The molecule has 29 nitrogen and oxygen atoms in total. The molecule has 2 heterocycles. The zero-order chi connectivity index (χ0) is 78.9. The average Bonchev–Trinajstić information content (AvgIpc) is 1.58. The normalized spacial score (nSPS) is 18.6. The van der Waals surface area contributed by atoms with E-state index in [1.165, 1.54) is 38.0 Å². The number of likely N-dealkylation sites (N-methyl/N-ethyl adjacent to an activating group) is 2. The lowest BCUT2D eigenvalue weighted by molar-refractivity contribution is -0.148. The van der Waals surface area contributed by atoms with Crippen molar-refractivity contribution in [1.29, 1.82) is 0 Å². The lowest BCUT2D eigenvalue weighted by atomic mass is 9.89. The number of rotatable bonds is 45. The van der Waals surface area contributed by atoms with Gasteiger partial charge in [0.05, 0.1) is 73.5 Å². The number of urea groups is 1. The molecule has 2 aromatic carbocycles. The Bertz CT molecular complexity index is 3270. The van der Waals surface area contributed by atoms with Crippen LogP contribution < -0.4 is 47.7 Å². The number of ether oxygens (including phenoxy) is 4. The van der Waals surface area contributed by atoms with Gasteiger partial charge >= 0.3 is 18.1 Å². The van der Waals surface area contributed by atoms with Gasteiger partial charge < -0.3 is 76.8 Å². The first kappa shape index (κ1) is 88.5. The van der Waals surface area contributed by atoms with Crippen LogP contribution in [0.5, 0.6) is 5.75 Å². The number of anilines is 1. The fourth-order valence-corrected chi connectivity index (χ4v) is 15.6. The van der Waals surface area contributed by atoms with Crippen LogP contribution in [0.4, 0.5) is 15.3 Å². The Morgan fingerprint density at radius 1 is 0.745 bits per heavy atom. The van der Waals surface area contributed by atoms with Gasteiger partial charge in [-0.25, -0.2) is 9.59 Å². The molecule has 13 atom stereocenters. The first-order valence-electron chi connectivity index (χ1n) is 37.3. The molecule has 0 aromatic heterocycles. The summed E-state index contributed by atoms with van der Waals surface area (Å²) >= 11 is 1.35. The van der Waals surface area contributed by atoms with Crippen LogP contribution in [-0.2, 0) is 68.8 Å². The van der Waals surface area contributed by atoms with Crippen molar-refractivity contribution in [2.24, 2.45) is 40.7 Å². The monoisotopic (exact) mass is 1500 g/mol. The van der Waals surface area contributed by atoms with Crippen LogP contribution in [0.1, 0.15) is 176 Å². The van der Waals surface area contributed by atoms with Gasteiger partial charge in [-0.2, -0.15) is 0 Å². The van der Waals surface area contributed by atoms with Crippen molar-refractivity contribution in [2.75, 3.05) is 73.2 Å². The van der Waals surface area contributed by atoms with Gasteiger partial charge in [0, 0.05) is 65.2 Å². The van der Waals surface area contributed by atoms with E-state index >= 15 is 0 Å². The second kappa shape index (κ2) is 42.5. The SMILES string of the molecule is CC[C@H](C)C([C@@H](CC(=O)N1CCC[C@H]1[C@H](OC)[C@@H](C)C(=O)N[C@H](C)C(NC(=O)OCc1ccc(NC(=O)C(CCCNC(N)=O)NC(=O)[C@@H](NC(=O)CCCCCN2C(=O)CC(SCC3(CC(=O)O)CC3)C2=O)C(C)C)cc1)c1ccc(OC)cc1)OC)N(C)C(=O)[C@@H](NC(=O)[C@H](C(C)C)N(C)C)C(C)C. The Morgan fingerprint density at radius 3 is 1.97 bits per heavy atom. The molecule has 592 valence electrons. The third-order valence-corrected chi connectivity index (χ3v) is 22.1. The predicted octanol–water partition coefficient (Wildman–Crippen LogP) is 6.50. The van der Waals surface area contributed by atoms with E-state index in [-0.39, 0.29) is 111 Å². The minimum Gasteiger partial charge on any atom is -0.497 e. The number of primary amides is 1. The summed E-state index contributed by atoms with van der Waals surface area (Å²) in [6.07, 6.45) is 2.95. The minimum absolute atomic E-state index is 0.0112. The smallest absolute Gasteiger partial charge is 0.408 e. The largest absolute Gasteiger partial charge is 0.497 e. The van der Waals surface area contributed by atoms with Crippen LogP contribution in [0.15, 0.2) is 48.5 Å². The van der Waals surface area contributed by atoms with Gasteiger partial charge in [-0.1, -0.05) is 99.4 Å². The molecule has 1 aliphatic carbocycles. The number of alkyl carbamates (subject to hydrolysis) is 1. The van der Waals surface area contributed by atoms with E-state index < -0.39 is 119 Å². The second-order valence-corrected chi connectivity index (χ2v) is 31.2. The van der Waals surface area contributed by atoms with Gasteiger partial charge in [-0.3, -0.25) is 57.7 Å². The molecule has 3 fully saturated rings. The van der Waals surface area contributed by atoms with Crippen molar-refractivity contribution < 1.29 is 81.6 Å². The summed E-state index contributed by atoms with van der Waals surface area (Å²) in [6, 6.07) is 6.55. The molecule has 2 saturated heterocycles. The van der Waals surface area contributed by atoms with Crippen molar-refractivity contribution in [2.45, 2.75) is 232 Å². The third kappa shape index (κ3) is 26.1. The number of unbranched alkanes of at least 4 members (excludes halogenated alkanes) is 2. The molecule has 10 N–H and O–H groups in total. The molecule has 5 rings (SSSR count). The first-order chi connectivity index (χ1) is 50.1. The molecule has 2 aromatic rings. The summed E-state index contributed by atoms with van der Waals surface area (Å²) in [4.78, 5) is 167. The van der Waals surface area contributed by atoms with Crippen LogP contribution in [0.25, 0.3) is 0 Å². The summed E-state index contributed by atoms with van der Waals surface area (Å²) in [7, 11) is 9.92. The molecule has 106 heavy (non-hydrogen) atoms. The summed E-state index contributed by atoms with van der Waals surface area (Å²) in [6.45, 7) is 19.2. The summed E-state index contributed by atoms with van der Waals surface area (Å²) in [5.41, 5.74) is 6.46. The lowest BCUT2D eigenvalue weighted by Crippen LogP contribution is -2.59. The molecule has 12 amide bonds. The number of carbonyl (C=O) groups excluding carboxylic acids is 11. The van der Waals surface area contributed by atoms with E-state index in [1.807, 2.05) is 60.5 Å². The predicted molar refractivity (Wildman–Crippen MR) is 402 cm³/mol. The number of imide groups is 1. The number of nitrogens with two attached hydrogens (primary N) is 1. The van der Waals surface area contributed by atoms with Crippen molar-refractivity contribution in [1.82, 2.24) is 51.5 Å². The Kier molecular flexibility index (Phi) is 35.5. The zero-order valence-corrected chi connectivity index (χ0v) is 65.9. The topological polar surface area (TPSA) is 385 Å². The quantitative estimate of drug-likeness (QED) is 0.0252. The van der Waals surface area contributed by atoms with Crippen molar-refractivity contribution in [3.05, 3.63) is 59.7 Å². The number of likely N-dealkylation sites (tertiary alicyclic amines) is 2. The molecular weight excluding hydrogens is 1380 g/mol. The fourth-order valence-electron chi connectivity index (χ4n) is 14.1. The second-order valence-electron chi connectivity index (χ2n) is 30.0. The van der Waals surface area contributed by atoms with Crippen molar-refractivity contribution in [3.63, 3.8) is 0 Å². The van der Waals surface area contributed by atoms with Crippen molar-refractivity contribution in [3.8, 4) is 5.75 Å². The van der Waals surface area contributed by atoms with Crippen LogP contribution in [0, 0.1) is 35.0 Å². The average molecular weight is 1510 g/mol. The maximum Gasteiger partial charge on any atom is 0.408 e. The number of benzene rings is 2. The van der Waals surface area contributed by atoms with Gasteiger partial charge in [-0.05, 0) is 137 Å². The Balaban J connectivity index is 1.17. The number of nitrogens with zero attached hydrogens (tertiary/aromatic N) is 4. The molecule has 1 saturated carbocycles. The molecule has 4 unspecified atom stereocenters. The lowest BCUT2D eigenvalue weighted by Gasteiger charge is -2.41. The number of aliphatic carboxylic acids is 1. The minimum atomic E-state index is -1.13. The molecule has 3 aliphatic rings. The Hall–Kier alpha value is -8.09. The van der Waals surface area contributed by atoms with E-state index in [9.17, 15) is 62.6 Å². The molecule has 0 bridgehead atoms. The number of nitrogens with one attached hydrogen (secondary N) is 7. The number of thioether (sulfide) groups is 1. The maximum absolute atomic E-state index is 14.7. The number of hydrogen-bond donors (Lipinski definition) is 9. The first-order valence-corrected chi connectivity index (χ1v) is 38.3. The highest BCUT2D eigenvalue weighted by Crippen LogP contribution is 2.52. The van der Waals surface area contributed by atoms with E-state index in [0.717, 1.165) is 12.8 Å². The van der Waals surface area contributed by atoms with Crippen LogP contribution in [-0.4, -0.2) is 224 Å². The van der Waals surface area contributed by atoms with Crippen LogP contribution >= 0.6 is 11.8 Å². The summed E-state index contributed by atoms with van der Waals surface area (Å²) in [5, 5.41) is 28.6. The number of carboxylic acid groups (broad SMARTS) is 1. The number of carboxylic acids is 1. The van der Waals surface area contributed by atoms with E-state index in [2.05, 4.69) is 37.2 Å². The highest BCUT2D eigenvalue weighted by molar-refractivity contribution is 8.00. The highest BCUT2D eigenvalue weighted by atomic mass is 32.2. The van der Waals surface area contributed by atoms with Gasteiger partial charge in [0.2, 0.25) is 53.2 Å². The standard InChI is InChI=1S/C76H120N12O17S/c1-17-47(8)66(86(13)73(99)63(45(4)5)83-71(97)65(46(6)7)85(11)12)56(103-15)39-59(90)87-38-22-24-55(87)67(104-16)48(9)68(94)79-49(10)64(51-28-32-53(102-14)33-29-51)84-75(101)105-42-50-26-30-52(31-27-50)80-69(95)54(23-21-36-78-74(77)100)81-70(96)62(44(2)3)82-58(89)25-19-18-20-37-88-60(91)40-57(72(88)98)106-43-76(34-35-76)41-61(92)93/h26-33,44-49,54-57,62-67H,17-25,34-43H2,1-16H3,(H,79,94)(H,80,95)(H,81,96)(H,82,89)(H,83,97)(H,84,101)(H,92,93)(H3,77,78,100)/t47-,48+,49+,54?,55-,56+,57?,62-,63-,64?,65-,66?,67+/m0/s1. The van der Waals surface area contributed by atoms with E-state index in [4.69, 9.17) is 24.7 Å². The fraction of sp³-hybridized carbons (Fsp3) is 0.684. The number of hydrogen-bond acceptors (Lipinski definition) is 18. The Morgan fingerprint density at radius 2 is 1.41 bits per heavy atom. The van der Waals surface area contributed by atoms with Crippen LogP contribution in [0.2, 0.25) is 0 Å². The van der Waals surface area contributed by atoms with E-state index in [0.29, 0.717) is 73.4 Å².